The molecule has 0 atom stereocenters. The van der Waals surface area contributed by atoms with Crippen LogP contribution in [-0.4, -0.2) is 41.6 Å². The van der Waals surface area contributed by atoms with Gasteiger partial charge < -0.3 is 15.3 Å². The second kappa shape index (κ2) is 6.22. The molecule has 5 nitrogen and oxygen atoms in total. The van der Waals surface area contributed by atoms with Gasteiger partial charge in [-0.3, -0.25) is 4.79 Å². The van der Waals surface area contributed by atoms with E-state index in [0.29, 0.717) is 43.4 Å². The molecule has 0 saturated carbocycles. The summed E-state index contributed by atoms with van der Waals surface area (Å²) in [6.07, 6.45) is 1.64. The molecule has 0 aromatic rings. The molecule has 1 fully saturated rings. The maximum absolute atomic E-state index is 11.8. The van der Waals surface area contributed by atoms with Crippen molar-refractivity contribution in [3.63, 3.8) is 0 Å². The Balaban J connectivity index is 2.50. The minimum absolute atomic E-state index is 0.161. The molecule has 102 valence electrons. The minimum atomic E-state index is -0.751. The number of hydrogen-bond donors (Lipinski definition) is 2. The van der Waals surface area contributed by atoms with E-state index < -0.39 is 11.4 Å². The van der Waals surface area contributed by atoms with E-state index in [1.165, 1.54) is 0 Å². The monoisotopic (exact) mass is 318 g/mol. The number of nitrogens with zero attached hydrogens (tertiary/aromatic N) is 1. The van der Waals surface area contributed by atoms with Crippen LogP contribution in [0.4, 0.5) is 4.79 Å². The molecule has 2 N–H and O–H groups in total. The van der Waals surface area contributed by atoms with Crippen molar-refractivity contribution in [1.82, 2.24) is 10.2 Å². The van der Waals surface area contributed by atoms with Gasteiger partial charge in [0.1, 0.15) is 0 Å². The molecule has 18 heavy (non-hydrogen) atoms. The van der Waals surface area contributed by atoms with E-state index >= 15 is 0 Å². The van der Waals surface area contributed by atoms with E-state index in [2.05, 4.69) is 27.8 Å². The number of likely N-dealkylation sites (tertiary alicyclic amines) is 1. The van der Waals surface area contributed by atoms with Crippen molar-refractivity contribution in [1.29, 1.82) is 0 Å². The van der Waals surface area contributed by atoms with E-state index in [0.717, 1.165) is 0 Å². The summed E-state index contributed by atoms with van der Waals surface area (Å²) >= 11 is 3.17. The van der Waals surface area contributed by atoms with Crippen molar-refractivity contribution in [3.8, 4) is 0 Å². The number of rotatable bonds is 4. The van der Waals surface area contributed by atoms with Crippen LogP contribution in [0.1, 0.15) is 26.2 Å². The van der Waals surface area contributed by atoms with Gasteiger partial charge >= 0.3 is 12.0 Å². The Morgan fingerprint density at radius 2 is 2.00 bits per heavy atom. The third kappa shape index (κ3) is 3.48. The smallest absolute Gasteiger partial charge is 0.317 e. The number of halogens is 1. The first-order chi connectivity index (χ1) is 8.41. The number of hydrogen-bond acceptors (Lipinski definition) is 2. The number of amides is 2. The molecule has 0 aromatic heterocycles. The number of piperidine rings is 1. The van der Waals surface area contributed by atoms with Gasteiger partial charge in [-0.05, 0) is 19.3 Å². The highest BCUT2D eigenvalue weighted by Crippen LogP contribution is 2.35. The van der Waals surface area contributed by atoms with Crippen molar-refractivity contribution in [2.75, 3.05) is 19.6 Å². The van der Waals surface area contributed by atoms with Gasteiger partial charge in [-0.25, -0.2) is 4.79 Å². The van der Waals surface area contributed by atoms with E-state index in [4.69, 9.17) is 0 Å². The van der Waals surface area contributed by atoms with Crippen molar-refractivity contribution in [3.05, 3.63) is 11.1 Å². The summed E-state index contributed by atoms with van der Waals surface area (Å²) in [4.78, 5) is 24.7. The van der Waals surface area contributed by atoms with Crippen LogP contribution in [0, 0.1) is 5.41 Å². The SMILES string of the molecule is C=C(Br)CNC(=O)N1CCC(CC)(C(=O)O)CC1. The Morgan fingerprint density at radius 1 is 1.44 bits per heavy atom. The van der Waals surface area contributed by atoms with E-state index in [9.17, 15) is 14.7 Å². The third-order valence-corrected chi connectivity index (χ3v) is 3.85. The number of aliphatic carboxylic acids is 1. The molecule has 0 spiro atoms. The normalized spacial score (nSPS) is 18.2. The minimum Gasteiger partial charge on any atom is -0.481 e. The predicted octanol–water partition coefficient (Wildman–Crippen LogP) is 2.18. The van der Waals surface area contributed by atoms with Crippen LogP contribution >= 0.6 is 15.9 Å². The van der Waals surface area contributed by atoms with Gasteiger partial charge in [0.25, 0.3) is 0 Å². The average Bonchev–Trinajstić information content (AvgIpc) is 2.35. The Labute approximate surface area is 115 Å². The maximum atomic E-state index is 11.8. The summed E-state index contributed by atoms with van der Waals surface area (Å²) in [7, 11) is 0. The molecule has 0 unspecified atom stereocenters. The third-order valence-electron chi connectivity index (χ3n) is 3.57. The van der Waals surface area contributed by atoms with Gasteiger partial charge in [-0.15, -0.1) is 0 Å². The molecule has 1 saturated heterocycles. The zero-order valence-electron chi connectivity index (χ0n) is 10.5. The van der Waals surface area contributed by atoms with Crippen molar-refractivity contribution < 1.29 is 14.7 Å². The molecule has 1 aliphatic heterocycles. The lowest BCUT2D eigenvalue weighted by Gasteiger charge is -2.38. The first-order valence-electron chi connectivity index (χ1n) is 6.01. The lowest BCUT2D eigenvalue weighted by Crippen LogP contribution is -2.49. The van der Waals surface area contributed by atoms with Gasteiger partial charge in [0.05, 0.1) is 12.0 Å². The fourth-order valence-corrected chi connectivity index (χ4v) is 2.28. The number of carboxylic acid groups (broad SMARTS) is 1. The highest BCUT2D eigenvalue weighted by Gasteiger charge is 2.40. The predicted molar refractivity (Wildman–Crippen MR) is 72.6 cm³/mol. The van der Waals surface area contributed by atoms with Crippen LogP contribution in [0.5, 0.6) is 0 Å². The van der Waals surface area contributed by atoms with E-state index in [1.807, 2.05) is 6.92 Å². The lowest BCUT2D eigenvalue weighted by atomic mass is 9.76. The van der Waals surface area contributed by atoms with Gasteiger partial charge in [-0.2, -0.15) is 0 Å². The molecular formula is C12H19BrN2O3. The zero-order valence-corrected chi connectivity index (χ0v) is 12.1. The first kappa shape index (κ1) is 15.0. The van der Waals surface area contributed by atoms with E-state index in [1.54, 1.807) is 4.90 Å². The van der Waals surface area contributed by atoms with E-state index in [-0.39, 0.29) is 6.03 Å². The maximum Gasteiger partial charge on any atom is 0.317 e. The Kier molecular flexibility index (Phi) is 5.19. The standard InChI is InChI=1S/C12H19BrN2O3/c1-3-12(10(16)17)4-6-15(7-5-12)11(18)14-8-9(2)13/h2-8H2,1H3,(H,14,18)(H,16,17). The summed E-state index contributed by atoms with van der Waals surface area (Å²) in [6, 6.07) is -0.161. The van der Waals surface area contributed by atoms with Crippen molar-refractivity contribution in [2.45, 2.75) is 26.2 Å². The van der Waals surface area contributed by atoms with Crippen LogP contribution in [0.15, 0.2) is 11.1 Å². The van der Waals surface area contributed by atoms with Crippen LogP contribution < -0.4 is 5.32 Å². The summed E-state index contributed by atoms with van der Waals surface area (Å²) in [6.45, 7) is 6.88. The Morgan fingerprint density at radius 3 is 2.39 bits per heavy atom. The molecule has 0 bridgehead atoms. The van der Waals surface area contributed by atoms with Gasteiger partial charge in [0, 0.05) is 17.6 Å². The second-order valence-corrected chi connectivity index (χ2v) is 5.72. The fourth-order valence-electron chi connectivity index (χ4n) is 2.14. The molecule has 6 heteroatoms. The van der Waals surface area contributed by atoms with Gasteiger partial charge in [0.2, 0.25) is 0 Å². The zero-order chi connectivity index (χ0) is 13.8. The molecule has 0 radical (unpaired) electrons. The summed E-state index contributed by atoms with van der Waals surface area (Å²) in [5.41, 5.74) is -0.657. The number of carbonyl (C=O) groups is 2. The average molecular weight is 319 g/mol. The Hall–Kier alpha value is -1.04. The number of urea groups is 1. The van der Waals surface area contributed by atoms with Crippen molar-refractivity contribution >= 4 is 27.9 Å². The van der Waals surface area contributed by atoms with Gasteiger partial charge in [0.15, 0.2) is 0 Å². The fraction of sp³-hybridized carbons (Fsp3) is 0.667. The molecule has 0 aromatic carbocycles. The quantitative estimate of drug-likeness (QED) is 0.834. The van der Waals surface area contributed by atoms with Crippen molar-refractivity contribution in [2.24, 2.45) is 5.41 Å². The Bertz CT molecular complexity index is 349. The highest BCUT2D eigenvalue weighted by molar-refractivity contribution is 9.11. The molecule has 1 aliphatic rings. The highest BCUT2D eigenvalue weighted by atomic mass is 79.9. The van der Waals surface area contributed by atoms with Crippen LogP contribution in [0.3, 0.4) is 0 Å². The lowest BCUT2D eigenvalue weighted by molar-refractivity contribution is -0.151. The summed E-state index contributed by atoms with van der Waals surface area (Å²) < 4.78 is 0.710. The molecule has 1 heterocycles. The topological polar surface area (TPSA) is 69.6 Å². The van der Waals surface area contributed by atoms with Crippen LogP contribution in [-0.2, 0) is 4.79 Å². The van der Waals surface area contributed by atoms with Crippen LogP contribution in [0.25, 0.3) is 0 Å². The molecule has 0 aliphatic carbocycles. The molecule has 1 rings (SSSR count). The summed E-state index contributed by atoms with van der Waals surface area (Å²) in [5, 5.41) is 12.0. The number of nitrogens with one attached hydrogen (secondary N) is 1. The molecule has 2 amide bonds. The number of carbonyl (C=O) groups excluding carboxylic acids is 1. The number of carboxylic acids is 1. The molecular weight excluding hydrogens is 300 g/mol. The second-order valence-electron chi connectivity index (χ2n) is 4.60. The largest absolute Gasteiger partial charge is 0.481 e. The van der Waals surface area contributed by atoms with Crippen LogP contribution in [0.2, 0.25) is 0 Å². The van der Waals surface area contributed by atoms with Gasteiger partial charge in [-0.1, -0.05) is 29.4 Å². The first-order valence-corrected chi connectivity index (χ1v) is 6.80. The summed E-state index contributed by atoms with van der Waals surface area (Å²) in [5.74, 6) is -0.751.